The van der Waals surface area contributed by atoms with Crippen LogP contribution in [0.4, 0.5) is 0 Å². The van der Waals surface area contributed by atoms with E-state index in [2.05, 4.69) is 10.9 Å². The third-order valence-electron chi connectivity index (χ3n) is 5.09. The number of amides is 2. The molecular weight excluding hydrogens is 436 g/mol. The normalized spacial score (nSPS) is 10.5. The minimum absolute atomic E-state index is 0.00732. The van der Waals surface area contributed by atoms with Gasteiger partial charge in [0.2, 0.25) is 0 Å². The molecule has 34 heavy (non-hydrogen) atoms. The monoisotopic (exact) mass is 456 g/mol. The van der Waals surface area contributed by atoms with Crippen molar-refractivity contribution in [1.29, 1.82) is 0 Å². The van der Waals surface area contributed by atoms with Gasteiger partial charge < -0.3 is 9.15 Å². The van der Waals surface area contributed by atoms with Crippen LogP contribution in [0.5, 0.6) is 0 Å². The summed E-state index contributed by atoms with van der Waals surface area (Å²) in [7, 11) is 0. The summed E-state index contributed by atoms with van der Waals surface area (Å²) < 4.78 is 11.1. The summed E-state index contributed by atoms with van der Waals surface area (Å²) in [6, 6.07) is 21.9. The summed E-state index contributed by atoms with van der Waals surface area (Å²) in [5.74, 6) is -1.75. The first-order chi connectivity index (χ1) is 16.5. The lowest BCUT2D eigenvalue weighted by molar-refractivity contribution is -0.125. The van der Waals surface area contributed by atoms with Crippen molar-refractivity contribution in [3.8, 4) is 11.3 Å². The average Bonchev–Trinajstić information content (AvgIpc) is 2.88. The zero-order valence-corrected chi connectivity index (χ0v) is 18.2. The molecule has 0 radical (unpaired) electrons. The highest BCUT2D eigenvalue weighted by Gasteiger charge is 2.20. The van der Waals surface area contributed by atoms with Crippen molar-refractivity contribution in [2.75, 3.05) is 6.61 Å². The van der Waals surface area contributed by atoms with E-state index < -0.39 is 24.4 Å². The molecular formula is C26H20N2O6. The van der Waals surface area contributed by atoms with E-state index in [1.54, 1.807) is 55.5 Å². The Labute approximate surface area is 194 Å². The number of nitrogens with one attached hydrogen (secondary N) is 2. The lowest BCUT2D eigenvalue weighted by Crippen LogP contribution is -2.43. The Hall–Kier alpha value is -4.72. The Bertz CT molecular complexity index is 1430. The summed E-state index contributed by atoms with van der Waals surface area (Å²) in [4.78, 5) is 49.7. The lowest BCUT2D eigenvalue weighted by atomic mass is 10.0. The summed E-state index contributed by atoms with van der Waals surface area (Å²) in [6.07, 6.45) is 0. The molecule has 1 heterocycles. The fourth-order valence-corrected chi connectivity index (χ4v) is 3.37. The number of fused-ring (bicyclic) bond motifs is 1. The molecule has 170 valence electrons. The van der Waals surface area contributed by atoms with Gasteiger partial charge in [0.15, 0.2) is 17.6 Å². The van der Waals surface area contributed by atoms with Crippen molar-refractivity contribution in [1.82, 2.24) is 10.9 Å². The van der Waals surface area contributed by atoms with E-state index in [9.17, 15) is 19.2 Å². The molecule has 0 saturated heterocycles. The zero-order valence-electron chi connectivity index (χ0n) is 18.2. The molecule has 0 aliphatic heterocycles. The van der Waals surface area contributed by atoms with E-state index in [-0.39, 0.29) is 22.0 Å². The van der Waals surface area contributed by atoms with Crippen molar-refractivity contribution < 1.29 is 23.5 Å². The van der Waals surface area contributed by atoms with E-state index in [4.69, 9.17) is 9.15 Å². The highest BCUT2D eigenvalue weighted by atomic mass is 16.5. The van der Waals surface area contributed by atoms with Crippen molar-refractivity contribution in [2.24, 2.45) is 0 Å². The minimum Gasteiger partial charge on any atom is -0.455 e. The number of benzene rings is 3. The number of hydrogen-bond acceptors (Lipinski definition) is 6. The minimum atomic E-state index is -0.846. The van der Waals surface area contributed by atoms with Gasteiger partial charge in [-0.1, -0.05) is 54.6 Å². The Morgan fingerprint density at radius 2 is 1.53 bits per heavy atom. The molecule has 8 heteroatoms. The molecule has 0 saturated carbocycles. The molecule has 0 aliphatic carbocycles. The SMILES string of the molecule is Cc1c(-c2ccccc2)oc2c(C(=O)OCC(=O)NNC(=O)c3ccccc3)cccc2c1=O. The number of carbonyl (C=O) groups is 3. The number of hydrazine groups is 1. The molecule has 0 unspecified atom stereocenters. The quantitative estimate of drug-likeness (QED) is 0.351. The highest BCUT2D eigenvalue weighted by Crippen LogP contribution is 2.27. The second-order valence-electron chi connectivity index (χ2n) is 7.38. The molecule has 0 bridgehead atoms. The van der Waals surface area contributed by atoms with Crippen molar-refractivity contribution in [3.05, 3.63) is 106 Å². The fourth-order valence-electron chi connectivity index (χ4n) is 3.37. The highest BCUT2D eigenvalue weighted by molar-refractivity contribution is 6.03. The van der Waals surface area contributed by atoms with E-state index in [1.807, 2.05) is 18.2 Å². The average molecular weight is 456 g/mol. The molecule has 0 aliphatic rings. The zero-order chi connectivity index (χ0) is 24.1. The van der Waals surface area contributed by atoms with Crippen LogP contribution in [-0.4, -0.2) is 24.4 Å². The summed E-state index contributed by atoms with van der Waals surface area (Å²) in [5.41, 5.74) is 5.70. The van der Waals surface area contributed by atoms with Crippen LogP contribution in [0.1, 0.15) is 26.3 Å². The maximum Gasteiger partial charge on any atom is 0.342 e. The summed E-state index contributed by atoms with van der Waals surface area (Å²) in [5, 5.41) is 0.228. The van der Waals surface area contributed by atoms with E-state index in [1.165, 1.54) is 12.1 Å². The Balaban J connectivity index is 1.50. The van der Waals surface area contributed by atoms with E-state index in [0.717, 1.165) is 0 Å². The van der Waals surface area contributed by atoms with Crippen molar-refractivity contribution in [2.45, 2.75) is 6.92 Å². The first kappa shape index (κ1) is 22.5. The summed E-state index contributed by atoms with van der Waals surface area (Å²) >= 11 is 0. The van der Waals surface area contributed by atoms with Crippen LogP contribution in [0.3, 0.4) is 0 Å². The van der Waals surface area contributed by atoms with Gasteiger partial charge >= 0.3 is 5.97 Å². The van der Waals surface area contributed by atoms with Gasteiger partial charge in [-0.15, -0.1) is 0 Å². The molecule has 1 aromatic heterocycles. The molecule has 0 atom stereocenters. The van der Waals surface area contributed by atoms with Crippen LogP contribution >= 0.6 is 0 Å². The molecule has 4 rings (SSSR count). The number of carbonyl (C=O) groups excluding carboxylic acids is 3. The fraction of sp³-hybridized carbons (Fsp3) is 0.0769. The van der Waals surface area contributed by atoms with Crippen LogP contribution < -0.4 is 16.3 Å². The summed E-state index contributed by atoms with van der Waals surface area (Å²) in [6.45, 7) is 1.01. The predicted molar refractivity (Wildman–Crippen MR) is 125 cm³/mol. The standard InChI is InChI=1S/C26H20N2O6/c1-16-22(30)19-13-8-14-20(24(19)34-23(16)17-9-4-2-5-10-17)26(32)33-15-21(29)27-28-25(31)18-11-6-3-7-12-18/h2-14H,15H2,1H3,(H,27,29)(H,28,31). The smallest absolute Gasteiger partial charge is 0.342 e. The van der Waals surface area contributed by atoms with Gasteiger partial charge in [-0.3, -0.25) is 25.2 Å². The lowest BCUT2D eigenvalue weighted by Gasteiger charge is -2.11. The van der Waals surface area contributed by atoms with Gasteiger partial charge in [0.1, 0.15) is 11.3 Å². The molecule has 8 nitrogen and oxygen atoms in total. The van der Waals surface area contributed by atoms with Crippen LogP contribution in [0.25, 0.3) is 22.3 Å². The maximum atomic E-state index is 12.9. The van der Waals surface area contributed by atoms with Gasteiger partial charge in [-0.25, -0.2) is 4.79 Å². The molecule has 2 amide bonds. The maximum absolute atomic E-state index is 12.9. The van der Waals surface area contributed by atoms with E-state index >= 15 is 0 Å². The number of hydrogen-bond donors (Lipinski definition) is 2. The first-order valence-corrected chi connectivity index (χ1v) is 10.4. The third kappa shape index (κ3) is 4.71. The molecule has 4 aromatic rings. The van der Waals surface area contributed by atoms with Gasteiger partial charge in [0.05, 0.1) is 5.39 Å². The van der Waals surface area contributed by atoms with Crippen LogP contribution in [0, 0.1) is 6.92 Å². The van der Waals surface area contributed by atoms with Crippen LogP contribution in [0.15, 0.2) is 88.1 Å². The number of ether oxygens (including phenoxy) is 1. The van der Waals surface area contributed by atoms with Crippen molar-refractivity contribution in [3.63, 3.8) is 0 Å². The first-order valence-electron chi connectivity index (χ1n) is 10.4. The molecule has 2 N–H and O–H groups in total. The van der Waals surface area contributed by atoms with Crippen LogP contribution in [-0.2, 0) is 9.53 Å². The number of rotatable bonds is 5. The Kier molecular flexibility index (Phi) is 6.49. The number of esters is 1. The van der Waals surface area contributed by atoms with Gasteiger partial charge in [-0.05, 0) is 31.2 Å². The third-order valence-corrected chi connectivity index (χ3v) is 5.09. The molecule has 3 aromatic carbocycles. The van der Waals surface area contributed by atoms with E-state index in [0.29, 0.717) is 22.5 Å². The Morgan fingerprint density at radius 1 is 0.853 bits per heavy atom. The van der Waals surface area contributed by atoms with Crippen LogP contribution in [0.2, 0.25) is 0 Å². The Morgan fingerprint density at radius 3 is 2.24 bits per heavy atom. The van der Waals surface area contributed by atoms with Gasteiger partial charge in [-0.2, -0.15) is 0 Å². The van der Waals surface area contributed by atoms with Gasteiger partial charge in [0, 0.05) is 16.7 Å². The van der Waals surface area contributed by atoms with Crippen molar-refractivity contribution >= 4 is 28.8 Å². The second kappa shape index (κ2) is 9.83. The largest absolute Gasteiger partial charge is 0.455 e. The number of para-hydroxylation sites is 1. The molecule has 0 spiro atoms. The second-order valence-corrected chi connectivity index (χ2v) is 7.38. The molecule has 0 fully saturated rings. The predicted octanol–water partition coefficient (Wildman–Crippen LogP) is 3.39. The van der Waals surface area contributed by atoms with Gasteiger partial charge in [0.25, 0.3) is 11.8 Å². The topological polar surface area (TPSA) is 115 Å².